The molecule has 3 heteroatoms. The quantitative estimate of drug-likeness (QED) is 0.762. The van der Waals surface area contributed by atoms with Crippen molar-refractivity contribution >= 4 is 0 Å². The zero-order valence-corrected chi connectivity index (χ0v) is 12.1. The van der Waals surface area contributed by atoms with Gasteiger partial charge in [-0.05, 0) is 44.1 Å². The van der Waals surface area contributed by atoms with Gasteiger partial charge in [0.05, 0.1) is 0 Å². The highest BCUT2D eigenvalue weighted by Crippen LogP contribution is 2.30. The third-order valence-corrected chi connectivity index (χ3v) is 4.61. The number of hydrogen-bond acceptors (Lipinski definition) is 3. The fraction of sp³-hybridized carbons (Fsp3) is 1.00. The van der Waals surface area contributed by atoms with Gasteiger partial charge in [0.15, 0.2) is 0 Å². The Kier molecular flexibility index (Phi) is 5.93. The molecule has 0 aromatic rings. The minimum absolute atomic E-state index is 0.620. The van der Waals surface area contributed by atoms with E-state index in [0.29, 0.717) is 5.92 Å². The minimum Gasteiger partial charge on any atom is -0.384 e. The Bertz CT molecular complexity index is 229. The van der Waals surface area contributed by atoms with E-state index in [1.165, 1.54) is 45.1 Å². The number of nitrogens with one attached hydrogen (secondary N) is 2. The zero-order valence-electron chi connectivity index (χ0n) is 12.1. The normalized spacial score (nSPS) is 34.7. The maximum absolute atomic E-state index is 5.22. The number of hydrogen-bond donors (Lipinski definition) is 2. The van der Waals surface area contributed by atoms with Crippen molar-refractivity contribution in [3.8, 4) is 0 Å². The highest BCUT2D eigenvalue weighted by Gasteiger charge is 2.32. The SMILES string of the molecule is COCC(C)CNC1CCCCC1C1CCCN1. The molecule has 1 heterocycles. The molecule has 0 spiro atoms. The van der Waals surface area contributed by atoms with Crippen LogP contribution in [0.25, 0.3) is 0 Å². The smallest absolute Gasteiger partial charge is 0.0499 e. The lowest BCUT2D eigenvalue weighted by Gasteiger charge is -2.37. The van der Waals surface area contributed by atoms with Crippen LogP contribution in [-0.2, 0) is 4.74 Å². The molecule has 2 rings (SSSR count). The van der Waals surface area contributed by atoms with E-state index < -0.39 is 0 Å². The first-order valence-electron chi connectivity index (χ1n) is 7.77. The van der Waals surface area contributed by atoms with E-state index >= 15 is 0 Å². The van der Waals surface area contributed by atoms with Gasteiger partial charge < -0.3 is 15.4 Å². The molecular formula is C15H30N2O. The molecule has 0 bridgehead atoms. The molecule has 4 atom stereocenters. The van der Waals surface area contributed by atoms with Crippen molar-refractivity contribution in [3.63, 3.8) is 0 Å². The molecule has 1 saturated carbocycles. The second-order valence-electron chi connectivity index (χ2n) is 6.23. The van der Waals surface area contributed by atoms with Crippen molar-refractivity contribution in [3.05, 3.63) is 0 Å². The van der Waals surface area contributed by atoms with Crippen molar-refractivity contribution in [2.45, 2.75) is 57.5 Å². The van der Waals surface area contributed by atoms with E-state index in [2.05, 4.69) is 17.6 Å². The van der Waals surface area contributed by atoms with Crippen LogP contribution in [0.5, 0.6) is 0 Å². The lowest BCUT2D eigenvalue weighted by Crippen LogP contribution is -2.48. The first-order valence-corrected chi connectivity index (χ1v) is 7.77. The van der Waals surface area contributed by atoms with Gasteiger partial charge in [-0.15, -0.1) is 0 Å². The summed E-state index contributed by atoms with van der Waals surface area (Å²) in [6.07, 6.45) is 8.36. The van der Waals surface area contributed by atoms with Crippen molar-refractivity contribution in [1.29, 1.82) is 0 Å². The fourth-order valence-corrected chi connectivity index (χ4v) is 3.67. The number of rotatable bonds is 6. The highest BCUT2D eigenvalue weighted by molar-refractivity contribution is 4.91. The third-order valence-electron chi connectivity index (χ3n) is 4.61. The standard InChI is InChI=1S/C15H30N2O/c1-12(11-18-2)10-17-15-7-4-3-6-13(15)14-8-5-9-16-14/h12-17H,3-11H2,1-2H3. The molecule has 106 valence electrons. The van der Waals surface area contributed by atoms with Gasteiger partial charge in [-0.2, -0.15) is 0 Å². The van der Waals surface area contributed by atoms with Crippen LogP contribution in [0.2, 0.25) is 0 Å². The Balaban J connectivity index is 1.79. The van der Waals surface area contributed by atoms with E-state index in [1.54, 1.807) is 7.11 Å². The van der Waals surface area contributed by atoms with Crippen molar-refractivity contribution in [2.24, 2.45) is 11.8 Å². The van der Waals surface area contributed by atoms with Gasteiger partial charge in [0.25, 0.3) is 0 Å². The Morgan fingerprint density at radius 2 is 2.06 bits per heavy atom. The van der Waals surface area contributed by atoms with Crippen molar-refractivity contribution in [2.75, 3.05) is 26.8 Å². The van der Waals surface area contributed by atoms with E-state index in [1.807, 2.05) is 0 Å². The topological polar surface area (TPSA) is 33.3 Å². The molecule has 0 aromatic carbocycles. The third kappa shape index (κ3) is 3.94. The second kappa shape index (κ2) is 7.46. The average molecular weight is 254 g/mol. The Morgan fingerprint density at radius 3 is 2.78 bits per heavy atom. The molecule has 1 aliphatic heterocycles. The predicted octanol–water partition coefficient (Wildman–Crippen LogP) is 2.17. The van der Waals surface area contributed by atoms with Crippen molar-refractivity contribution in [1.82, 2.24) is 10.6 Å². The molecule has 2 N–H and O–H groups in total. The van der Waals surface area contributed by atoms with Gasteiger partial charge in [0.2, 0.25) is 0 Å². The van der Waals surface area contributed by atoms with E-state index in [0.717, 1.165) is 31.2 Å². The molecule has 0 amide bonds. The number of ether oxygens (including phenoxy) is 1. The summed E-state index contributed by atoms with van der Waals surface area (Å²) in [5, 5.41) is 7.52. The molecular weight excluding hydrogens is 224 g/mol. The van der Waals surface area contributed by atoms with Gasteiger partial charge >= 0.3 is 0 Å². The Morgan fingerprint density at radius 1 is 1.22 bits per heavy atom. The zero-order chi connectivity index (χ0) is 12.8. The van der Waals surface area contributed by atoms with Gasteiger partial charge in [-0.3, -0.25) is 0 Å². The molecule has 0 aromatic heterocycles. The van der Waals surface area contributed by atoms with Crippen LogP contribution in [0.4, 0.5) is 0 Å². The lowest BCUT2D eigenvalue weighted by molar-refractivity contribution is 0.147. The highest BCUT2D eigenvalue weighted by atomic mass is 16.5. The van der Waals surface area contributed by atoms with Gasteiger partial charge in [-0.25, -0.2) is 0 Å². The van der Waals surface area contributed by atoms with Gasteiger partial charge in [0.1, 0.15) is 0 Å². The van der Waals surface area contributed by atoms with Crippen LogP contribution in [0, 0.1) is 11.8 Å². The van der Waals surface area contributed by atoms with Crippen LogP contribution < -0.4 is 10.6 Å². The largest absolute Gasteiger partial charge is 0.384 e. The maximum atomic E-state index is 5.22. The second-order valence-corrected chi connectivity index (χ2v) is 6.23. The summed E-state index contributed by atoms with van der Waals surface area (Å²) < 4.78 is 5.22. The molecule has 18 heavy (non-hydrogen) atoms. The van der Waals surface area contributed by atoms with Crippen LogP contribution in [-0.4, -0.2) is 38.9 Å². The summed E-state index contributed by atoms with van der Waals surface area (Å²) in [5.74, 6) is 1.48. The maximum Gasteiger partial charge on any atom is 0.0499 e. The van der Waals surface area contributed by atoms with Gasteiger partial charge in [-0.1, -0.05) is 19.8 Å². The summed E-state index contributed by atoms with van der Waals surface area (Å²) in [5.41, 5.74) is 0. The van der Waals surface area contributed by atoms with E-state index in [4.69, 9.17) is 4.74 Å². The summed E-state index contributed by atoms with van der Waals surface area (Å²) >= 11 is 0. The molecule has 0 radical (unpaired) electrons. The minimum atomic E-state index is 0.620. The summed E-state index contributed by atoms with van der Waals surface area (Å²) in [4.78, 5) is 0. The van der Waals surface area contributed by atoms with Crippen LogP contribution in [0.3, 0.4) is 0 Å². The van der Waals surface area contributed by atoms with Crippen LogP contribution in [0.1, 0.15) is 45.4 Å². The summed E-state index contributed by atoms with van der Waals surface area (Å²) in [7, 11) is 1.79. The first-order chi connectivity index (χ1) is 8.81. The lowest BCUT2D eigenvalue weighted by atomic mass is 9.79. The number of methoxy groups -OCH3 is 1. The molecule has 2 fully saturated rings. The van der Waals surface area contributed by atoms with E-state index in [-0.39, 0.29) is 0 Å². The average Bonchev–Trinajstić information content (AvgIpc) is 2.91. The van der Waals surface area contributed by atoms with Crippen LogP contribution >= 0.6 is 0 Å². The van der Waals surface area contributed by atoms with Crippen LogP contribution in [0.15, 0.2) is 0 Å². The Hall–Kier alpha value is -0.120. The molecule has 3 nitrogen and oxygen atoms in total. The first kappa shape index (κ1) is 14.3. The van der Waals surface area contributed by atoms with Gasteiger partial charge in [0, 0.05) is 32.3 Å². The molecule has 1 aliphatic carbocycles. The Labute approximate surface area is 112 Å². The molecule has 2 aliphatic rings. The summed E-state index contributed by atoms with van der Waals surface area (Å²) in [6, 6.07) is 1.51. The van der Waals surface area contributed by atoms with E-state index in [9.17, 15) is 0 Å². The predicted molar refractivity (Wildman–Crippen MR) is 75.8 cm³/mol. The molecule has 4 unspecified atom stereocenters. The monoisotopic (exact) mass is 254 g/mol. The fourth-order valence-electron chi connectivity index (χ4n) is 3.67. The van der Waals surface area contributed by atoms with Crippen molar-refractivity contribution < 1.29 is 4.74 Å². The summed E-state index contributed by atoms with van der Waals surface area (Å²) in [6.45, 7) is 5.46. The molecule has 1 saturated heterocycles.